The van der Waals surface area contributed by atoms with Crippen molar-refractivity contribution in [2.75, 3.05) is 0 Å². The Hall–Kier alpha value is 0.345. The second-order valence-electron chi connectivity index (χ2n) is 1.32. The lowest BCUT2D eigenvalue weighted by Crippen LogP contribution is -2.11. The van der Waals surface area contributed by atoms with Gasteiger partial charge in [0.1, 0.15) is 0 Å². The minimum absolute atomic E-state index is 0.352. The summed E-state index contributed by atoms with van der Waals surface area (Å²) in [5.74, 6) is 0. The second-order valence-corrected chi connectivity index (χ2v) is 3.39. The molecule has 0 saturated carbocycles. The van der Waals surface area contributed by atoms with Crippen molar-refractivity contribution < 1.29 is 0 Å². The van der Waals surface area contributed by atoms with Crippen molar-refractivity contribution in [3.8, 4) is 0 Å². The van der Waals surface area contributed by atoms with Crippen LogP contribution >= 0.6 is 34.3 Å². The summed E-state index contributed by atoms with van der Waals surface area (Å²) in [4.78, 5) is 0. The monoisotopic (exact) mass is 164 g/mol. The van der Waals surface area contributed by atoms with Crippen molar-refractivity contribution in [1.29, 1.82) is 0 Å². The lowest BCUT2D eigenvalue weighted by Gasteiger charge is -1.84. The molecule has 8 heavy (non-hydrogen) atoms. The van der Waals surface area contributed by atoms with E-state index >= 15 is 0 Å². The Kier molecular flexibility index (Phi) is 2.23. The number of hydrogen-bond donors (Lipinski definition) is 0. The summed E-state index contributed by atoms with van der Waals surface area (Å²) in [5, 5.41) is 1.95. The molecule has 0 aromatic carbocycles. The Balaban J connectivity index is 2.77. The first-order valence-corrected chi connectivity index (χ1v) is 3.87. The summed E-state index contributed by atoms with van der Waals surface area (Å²) in [6, 6.07) is 3.84. The van der Waals surface area contributed by atoms with Crippen LogP contribution in [-0.2, 0) is 0 Å². The fourth-order valence-electron chi connectivity index (χ4n) is 0.415. The molecule has 0 amide bonds. The molecule has 1 aromatic rings. The van der Waals surface area contributed by atoms with Crippen molar-refractivity contribution in [3.63, 3.8) is 0 Å². The molecule has 0 bridgehead atoms. The molecule has 0 atom stereocenters. The smallest absolute Gasteiger partial charge is 0.164 e. The molecule has 0 fully saturated rings. The molecule has 0 aliphatic heterocycles. The summed E-state index contributed by atoms with van der Waals surface area (Å²) in [6.45, 7) is 0. The van der Waals surface area contributed by atoms with Crippen LogP contribution in [0.1, 0.15) is 0 Å². The van der Waals surface area contributed by atoms with Crippen LogP contribution in [0.15, 0.2) is 17.5 Å². The Morgan fingerprint density at radius 3 is 2.50 bits per heavy atom. The highest BCUT2D eigenvalue weighted by Gasteiger charge is 2.08. The standard InChI is InChI=1S/C4H3BCl2S/c6-5(7)4-2-1-3-8-4/h1-3H. The van der Waals surface area contributed by atoms with E-state index in [1.54, 1.807) is 11.3 Å². The fraction of sp³-hybridized carbons (Fsp3) is 0. The lowest BCUT2D eigenvalue weighted by molar-refractivity contribution is 2.07. The molecular weight excluding hydrogens is 162 g/mol. The van der Waals surface area contributed by atoms with Gasteiger partial charge in [-0.2, -0.15) is 34.3 Å². The highest BCUT2D eigenvalue weighted by molar-refractivity contribution is 7.47. The third-order valence-corrected chi connectivity index (χ3v) is 2.42. The van der Waals surface area contributed by atoms with Gasteiger partial charge in [0.05, 0.1) is 0 Å². The molecule has 0 aliphatic carbocycles. The molecule has 0 N–H and O–H groups in total. The largest absolute Gasteiger partial charge is 0.392 e. The zero-order valence-electron chi connectivity index (χ0n) is 3.97. The van der Waals surface area contributed by atoms with Gasteiger partial charge in [-0.05, 0) is 5.38 Å². The lowest BCUT2D eigenvalue weighted by atomic mass is 10.1. The average molecular weight is 165 g/mol. The predicted molar refractivity (Wildman–Crippen MR) is 41.4 cm³/mol. The summed E-state index contributed by atoms with van der Waals surface area (Å²) >= 11 is 12.6. The molecule has 0 spiro atoms. The van der Waals surface area contributed by atoms with Gasteiger partial charge in [-0.25, -0.2) is 0 Å². The maximum absolute atomic E-state index is 5.52. The van der Waals surface area contributed by atoms with Gasteiger partial charge >= 0.3 is 5.54 Å². The third-order valence-electron chi connectivity index (χ3n) is 0.758. The SMILES string of the molecule is ClB(Cl)c1cccs1. The van der Waals surface area contributed by atoms with E-state index in [2.05, 4.69) is 0 Å². The highest BCUT2D eigenvalue weighted by Crippen LogP contribution is 2.02. The van der Waals surface area contributed by atoms with Crippen LogP contribution in [-0.4, -0.2) is 5.54 Å². The predicted octanol–water partition coefficient (Wildman–Crippen LogP) is 1.92. The van der Waals surface area contributed by atoms with E-state index in [4.69, 9.17) is 22.9 Å². The first kappa shape index (κ1) is 6.46. The fourth-order valence-corrected chi connectivity index (χ4v) is 1.44. The van der Waals surface area contributed by atoms with E-state index in [1.165, 1.54) is 0 Å². The maximum Gasteiger partial charge on any atom is 0.392 e. The molecule has 0 unspecified atom stereocenters. The molecule has 1 heterocycles. The van der Waals surface area contributed by atoms with Crippen LogP contribution in [0.2, 0.25) is 0 Å². The third kappa shape index (κ3) is 1.41. The number of rotatable bonds is 1. The van der Waals surface area contributed by atoms with Gasteiger partial charge in [0.2, 0.25) is 0 Å². The number of thiophene rings is 1. The van der Waals surface area contributed by atoms with Gasteiger partial charge in [-0.1, -0.05) is 12.1 Å². The Morgan fingerprint density at radius 1 is 1.50 bits per heavy atom. The van der Waals surface area contributed by atoms with Crippen molar-refractivity contribution in [2.24, 2.45) is 0 Å². The summed E-state index contributed by atoms with van der Waals surface area (Å²) < 4.78 is 1.01. The quantitative estimate of drug-likeness (QED) is 0.557. The van der Waals surface area contributed by atoms with Crippen molar-refractivity contribution in [2.45, 2.75) is 0 Å². The number of hydrogen-bond acceptors (Lipinski definition) is 1. The summed E-state index contributed by atoms with van der Waals surface area (Å²) in [7, 11) is 0. The molecule has 0 aliphatic rings. The zero-order chi connectivity index (χ0) is 5.98. The second kappa shape index (κ2) is 2.76. The zero-order valence-corrected chi connectivity index (χ0v) is 6.30. The first-order chi connectivity index (χ1) is 3.80. The van der Waals surface area contributed by atoms with Crippen LogP contribution in [0.3, 0.4) is 0 Å². The Bertz CT molecular complexity index is 149. The molecule has 42 valence electrons. The topological polar surface area (TPSA) is 0 Å². The molecule has 0 nitrogen and oxygen atoms in total. The van der Waals surface area contributed by atoms with E-state index in [1.807, 2.05) is 17.5 Å². The van der Waals surface area contributed by atoms with E-state index < -0.39 is 0 Å². The van der Waals surface area contributed by atoms with Gasteiger partial charge in [0.25, 0.3) is 0 Å². The molecule has 1 rings (SSSR count). The minimum atomic E-state index is -0.352. The van der Waals surface area contributed by atoms with Gasteiger partial charge in [-0.15, -0.1) is 0 Å². The van der Waals surface area contributed by atoms with Crippen molar-refractivity contribution in [1.82, 2.24) is 0 Å². The van der Waals surface area contributed by atoms with E-state index in [0.717, 1.165) is 4.78 Å². The van der Waals surface area contributed by atoms with Crippen LogP contribution in [0.4, 0.5) is 0 Å². The molecule has 0 radical (unpaired) electrons. The van der Waals surface area contributed by atoms with Crippen LogP contribution < -0.4 is 4.78 Å². The highest BCUT2D eigenvalue weighted by atomic mass is 35.5. The Labute approximate surface area is 62.3 Å². The maximum atomic E-state index is 5.52. The molecule has 0 saturated heterocycles. The summed E-state index contributed by atoms with van der Waals surface area (Å²) in [6.07, 6.45) is 0. The van der Waals surface area contributed by atoms with Crippen LogP contribution in [0, 0.1) is 0 Å². The molecule has 4 heteroatoms. The minimum Gasteiger partial charge on any atom is -0.164 e. The van der Waals surface area contributed by atoms with Crippen LogP contribution in [0.25, 0.3) is 0 Å². The normalized spacial score (nSPS) is 9.25. The molecule has 1 aromatic heterocycles. The van der Waals surface area contributed by atoms with Crippen LogP contribution in [0.5, 0.6) is 0 Å². The van der Waals surface area contributed by atoms with Gasteiger partial charge in [0, 0.05) is 4.78 Å². The summed E-state index contributed by atoms with van der Waals surface area (Å²) in [5.41, 5.74) is -0.352. The van der Waals surface area contributed by atoms with Gasteiger partial charge < -0.3 is 0 Å². The first-order valence-electron chi connectivity index (χ1n) is 2.12. The average Bonchev–Trinajstić information content (AvgIpc) is 2.12. The van der Waals surface area contributed by atoms with Gasteiger partial charge in [-0.3, -0.25) is 0 Å². The van der Waals surface area contributed by atoms with Crippen molar-refractivity contribution in [3.05, 3.63) is 17.5 Å². The molecular formula is C4H3BCl2S. The van der Waals surface area contributed by atoms with E-state index in [-0.39, 0.29) is 5.54 Å². The van der Waals surface area contributed by atoms with E-state index in [9.17, 15) is 0 Å². The number of halogens is 2. The van der Waals surface area contributed by atoms with E-state index in [0.29, 0.717) is 0 Å². The van der Waals surface area contributed by atoms with Gasteiger partial charge in [0.15, 0.2) is 0 Å². The van der Waals surface area contributed by atoms with Crippen molar-refractivity contribution >= 4 is 44.6 Å². The Morgan fingerprint density at radius 2 is 2.25 bits per heavy atom.